The van der Waals surface area contributed by atoms with E-state index in [-0.39, 0.29) is 5.97 Å². The fourth-order valence-corrected chi connectivity index (χ4v) is 2.39. The lowest BCUT2D eigenvalue weighted by Gasteiger charge is -2.22. The van der Waals surface area contributed by atoms with Gasteiger partial charge in [-0.3, -0.25) is 4.79 Å². The van der Waals surface area contributed by atoms with E-state index >= 15 is 0 Å². The van der Waals surface area contributed by atoms with Crippen LogP contribution < -0.4 is 4.74 Å². The molecule has 0 saturated heterocycles. The Kier molecular flexibility index (Phi) is 5.69. The minimum atomic E-state index is -0.650. The number of ether oxygens (including phenoxy) is 1. The van der Waals surface area contributed by atoms with Gasteiger partial charge in [0.1, 0.15) is 12.0 Å². The highest BCUT2D eigenvalue weighted by molar-refractivity contribution is 5.78. The summed E-state index contributed by atoms with van der Waals surface area (Å²) in [6.45, 7) is 7.43. The van der Waals surface area contributed by atoms with Crippen LogP contribution in [0.2, 0.25) is 0 Å². The van der Waals surface area contributed by atoms with Gasteiger partial charge < -0.3 is 9.53 Å². The topological polar surface area (TPSA) is 43.4 Å². The van der Waals surface area contributed by atoms with Gasteiger partial charge in [-0.1, -0.05) is 49.1 Å². The molecule has 0 aliphatic rings. The van der Waals surface area contributed by atoms with Crippen LogP contribution in [0, 0.1) is 5.41 Å². The van der Waals surface area contributed by atoms with Crippen molar-refractivity contribution in [3.8, 4) is 5.75 Å². The summed E-state index contributed by atoms with van der Waals surface area (Å²) < 4.78 is 5.49. The van der Waals surface area contributed by atoms with E-state index in [1.54, 1.807) is 18.2 Å². The highest BCUT2D eigenvalue weighted by Gasteiger charge is 2.30. The van der Waals surface area contributed by atoms with Gasteiger partial charge in [0.25, 0.3) is 0 Å². The predicted molar refractivity (Wildman–Crippen MR) is 95.9 cm³/mol. The first-order valence-corrected chi connectivity index (χ1v) is 7.91. The summed E-state index contributed by atoms with van der Waals surface area (Å²) in [5.41, 5.74) is 2.33. The zero-order valence-corrected chi connectivity index (χ0v) is 14.1. The number of hydrogen-bond donors (Lipinski definition) is 0. The highest BCUT2D eigenvalue weighted by Crippen LogP contribution is 2.25. The summed E-state index contributed by atoms with van der Waals surface area (Å²) in [5, 5.41) is 0. The quantitative estimate of drug-likeness (QED) is 0.435. The Morgan fingerprint density at radius 2 is 1.62 bits per heavy atom. The van der Waals surface area contributed by atoms with Crippen molar-refractivity contribution in [2.75, 3.05) is 0 Å². The van der Waals surface area contributed by atoms with Crippen LogP contribution in [-0.2, 0) is 22.4 Å². The number of esters is 1. The van der Waals surface area contributed by atoms with Gasteiger partial charge >= 0.3 is 5.97 Å². The number of carbonyl (C=O) groups excluding carboxylic acids is 2. The van der Waals surface area contributed by atoms with Crippen molar-refractivity contribution in [2.45, 2.75) is 26.7 Å². The average molecular weight is 322 g/mol. The van der Waals surface area contributed by atoms with E-state index < -0.39 is 5.41 Å². The van der Waals surface area contributed by atoms with Gasteiger partial charge in [0.15, 0.2) is 0 Å². The molecular weight excluding hydrogens is 300 g/mol. The first-order chi connectivity index (χ1) is 11.4. The smallest absolute Gasteiger partial charge is 0.317 e. The number of benzene rings is 2. The lowest BCUT2D eigenvalue weighted by molar-refractivity contribution is -0.143. The third-order valence-electron chi connectivity index (χ3n) is 3.87. The Labute approximate surface area is 143 Å². The van der Waals surface area contributed by atoms with Gasteiger partial charge in [0.05, 0.1) is 5.41 Å². The van der Waals surface area contributed by atoms with Crippen LogP contribution in [0.25, 0.3) is 6.08 Å². The standard InChI is InChI=1S/C21H22O3/c1-4-16-9-11-19(12-10-16)24-20(23)21(2,3)15-18-7-5-17(6-8-18)13-14-22/h4-12,14H,1,13,15H2,2-3H3. The van der Waals surface area contributed by atoms with E-state index in [4.69, 9.17) is 4.74 Å². The van der Waals surface area contributed by atoms with Crippen LogP contribution in [0.4, 0.5) is 0 Å². The van der Waals surface area contributed by atoms with Crippen LogP contribution in [-0.4, -0.2) is 12.3 Å². The van der Waals surface area contributed by atoms with E-state index in [9.17, 15) is 9.59 Å². The fraction of sp³-hybridized carbons (Fsp3) is 0.238. The third-order valence-corrected chi connectivity index (χ3v) is 3.87. The van der Waals surface area contributed by atoms with E-state index in [2.05, 4.69) is 6.58 Å². The van der Waals surface area contributed by atoms with Gasteiger partial charge in [-0.05, 0) is 49.1 Å². The SMILES string of the molecule is C=Cc1ccc(OC(=O)C(C)(C)Cc2ccc(CC=O)cc2)cc1. The summed E-state index contributed by atoms with van der Waals surface area (Å²) in [6.07, 6.45) is 3.60. The molecule has 124 valence electrons. The second-order valence-electron chi connectivity index (χ2n) is 6.41. The monoisotopic (exact) mass is 322 g/mol. The van der Waals surface area contributed by atoms with E-state index in [0.29, 0.717) is 18.6 Å². The summed E-state index contributed by atoms with van der Waals surface area (Å²) in [4.78, 5) is 23.0. The molecule has 0 amide bonds. The Morgan fingerprint density at radius 1 is 1.04 bits per heavy atom. The van der Waals surface area contributed by atoms with Crippen molar-refractivity contribution in [1.29, 1.82) is 0 Å². The molecule has 0 unspecified atom stereocenters. The minimum Gasteiger partial charge on any atom is -0.426 e. The molecule has 0 aliphatic carbocycles. The first kappa shape index (κ1) is 17.7. The van der Waals surface area contributed by atoms with E-state index in [1.807, 2.05) is 50.2 Å². The van der Waals surface area contributed by atoms with Crippen LogP contribution in [0.1, 0.15) is 30.5 Å². The minimum absolute atomic E-state index is 0.272. The molecule has 0 atom stereocenters. The van der Waals surface area contributed by atoms with Gasteiger partial charge in [-0.25, -0.2) is 0 Å². The maximum Gasteiger partial charge on any atom is 0.317 e. The molecule has 0 heterocycles. The molecule has 3 nitrogen and oxygen atoms in total. The van der Waals surface area contributed by atoms with Gasteiger partial charge in [0.2, 0.25) is 0 Å². The molecule has 0 N–H and O–H groups in total. The van der Waals surface area contributed by atoms with Crippen molar-refractivity contribution in [3.63, 3.8) is 0 Å². The van der Waals surface area contributed by atoms with Gasteiger partial charge in [-0.15, -0.1) is 0 Å². The number of aldehydes is 1. The predicted octanol–water partition coefficient (Wildman–Crippen LogP) is 4.25. The zero-order valence-electron chi connectivity index (χ0n) is 14.1. The van der Waals surface area contributed by atoms with E-state index in [0.717, 1.165) is 23.0 Å². The Hall–Kier alpha value is -2.68. The molecule has 2 aromatic rings. The van der Waals surface area contributed by atoms with Gasteiger partial charge in [-0.2, -0.15) is 0 Å². The second-order valence-corrected chi connectivity index (χ2v) is 6.41. The molecule has 24 heavy (non-hydrogen) atoms. The summed E-state index contributed by atoms with van der Waals surface area (Å²) in [6, 6.07) is 15.0. The van der Waals surface area contributed by atoms with Crippen molar-refractivity contribution in [1.82, 2.24) is 0 Å². The fourth-order valence-electron chi connectivity index (χ4n) is 2.39. The molecule has 0 aliphatic heterocycles. The maximum absolute atomic E-state index is 12.5. The first-order valence-electron chi connectivity index (χ1n) is 7.91. The van der Waals surface area contributed by atoms with Gasteiger partial charge in [0, 0.05) is 6.42 Å². The summed E-state index contributed by atoms with van der Waals surface area (Å²) in [7, 11) is 0. The molecule has 0 fully saturated rings. The molecule has 0 bridgehead atoms. The lowest BCUT2D eigenvalue weighted by atomic mass is 9.85. The van der Waals surface area contributed by atoms with E-state index in [1.165, 1.54) is 0 Å². The molecule has 0 spiro atoms. The van der Waals surface area contributed by atoms with Crippen LogP contribution in [0.3, 0.4) is 0 Å². The summed E-state index contributed by atoms with van der Waals surface area (Å²) >= 11 is 0. The zero-order chi connectivity index (χ0) is 17.6. The van der Waals surface area contributed by atoms with Crippen LogP contribution in [0.15, 0.2) is 55.1 Å². The normalized spacial score (nSPS) is 10.9. The maximum atomic E-state index is 12.5. The number of carbonyl (C=O) groups is 2. The lowest BCUT2D eigenvalue weighted by Crippen LogP contribution is -2.31. The Bertz CT molecular complexity index is 710. The molecular formula is C21H22O3. The molecule has 0 saturated carbocycles. The Morgan fingerprint density at radius 3 is 2.17 bits per heavy atom. The Balaban J connectivity index is 2.03. The highest BCUT2D eigenvalue weighted by atomic mass is 16.5. The second kappa shape index (κ2) is 7.73. The van der Waals surface area contributed by atoms with Crippen LogP contribution >= 0.6 is 0 Å². The summed E-state index contributed by atoms with van der Waals surface area (Å²) in [5.74, 6) is 0.255. The van der Waals surface area contributed by atoms with Crippen molar-refractivity contribution in [3.05, 3.63) is 71.8 Å². The molecule has 3 heteroatoms. The van der Waals surface area contributed by atoms with Crippen LogP contribution in [0.5, 0.6) is 5.75 Å². The van der Waals surface area contributed by atoms with Crippen molar-refractivity contribution < 1.29 is 14.3 Å². The number of rotatable bonds is 7. The van der Waals surface area contributed by atoms with Crippen molar-refractivity contribution >= 4 is 18.3 Å². The largest absolute Gasteiger partial charge is 0.426 e. The third kappa shape index (κ3) is 4.66. The van der Waals surface area contributed by atoms with Crippen molar-refractivity contribution in [2.24, 2.45) is 5.41 Å². The molecule has 0 aromatic heterocycles. The molecule has 0 radical (unpaired) electrons. The molecule has 2 rings (SSSR count). The average Bonchev–Trinajstić information content (AvgIpc) is 2.57. The number of hydrogen-bond acceptors (Lipinski definition) is 3. The molecule has 2 aromatic carbocycles.